The lowest BCUT2D eigenvalue weighted by molar-refractivity contribution is -0.130. The van der Waals surface area contributed by atoms with Crippen molar-refractivity contribution >= 4 is 11.5 Å². The Kier molecular flexibility index (Phi) is 7.30. The average molecular weight is 326 g/mol. The molecular formula is C22H30O2. The lowest BCUT2D eigenvalue weighted by Crippen LogP contribution is -2.13. The molecule has 2 rings (SSSR count). The molecule has 0 aliphatic heterocycles. The van der Waals surface area contributed by atoms with Crippen molar-refractivity contribution in [1.29, 1.82) is 0 Å². The largest absolute Gasteiger partial charge is 0.478 e. The minimum absolute atomic E-state index is 0.359. The molecule has 1 aliphatic carbocycles. The fourth-order valence-corrected chi connectivity index (χ4v) is 3.72. The van der Waals surface area contributed by atoms with E-state index < -0.39 is 5.97 Å². The lowest BCUT2D eigenvalue weighted by atomic mass is 9.77. The van der Waals surface area contributed by atoms with Crippen LogP contribution in [0.2, 0.25) is 0 Å². The summed E-state index contributed by atoms with van der Waals surface area (Å²) in [5, 5.41) is 9.42. The van der Waals surface area contributed by atoms with Gasteiger partial charge in [0.15, 0.2) is 0 Å². The molecule has 0 bridgehead atoms. The number of hydrogen-bond donors (Lipinski definition) is 1. The second kappa shape index (κ2) is 9.46. The number of aliphatic carboxylic acids is 1. The van der Waals surface area contributed by atoms with E-state index >= 15 is 0 Å². The van der Waals surface area contributed by atoms with E-state index in [1.165, 1.54) is 44.1 Å². The molecule has 0 aromatic heterocycles. The summed E-state index contributed by atoms with van der Waals surface area (Å²) in [6, 6.07) is 8.18. The van der Waals surface area contributed by atoms with Crippen LogP contribution in [0.15, 0.2) is 42.5 Å². The molecule has 130 valence electrons. The van der Waals surface area contributed by atoms with Crippen LogP contribution < -0.4 is 0 Å². The summed E-state index contributed by atoms with van der Waals surface area (Å²) in [7, 11) is 0. The third-order valence-corrected chi connectivity index (χ3v) is 5.10. The fraction of sp³-hybridized carbons (Fsp3) is 0.500. The molecule has 0 unspecified atom stereocenters. The first kappa shape index (κ1) is 18.5. The van der Waals surface area contributed by atoms with Gasteiger partial charge in [0, 0.05) is 0 Å². The zero-order chi connectivity index (χ0) is 17.4. The van der Waals surface area contributed by atoms with Gasteiger partial charge in [0.1, 0.15) is 0 Å². The Balaban J connectivity index is 2.06. The predicted molar refractivity (Wildman–Crippen MR) is 101 cm³/mol. The molecule has 1 aromatic carbocycles. The number of benzene rings is 1. The number of carboxylic acids is 1. The van der Waals surface area contributed by atoms with Crippen molar-refractivity contribution in [2.45, 2.75) is 64.7 Å². The molecule has 1 saturated carbocycles. The van der Waals surface area contributed by atoms with Gasteiger partial charge in [-0.1, -0.05) is 63.1 Å². The van der Waals surface area contributed by atoms with E-state index in [1.807, 2.05) is 31.2 Å². The van der Waals surface area contributed by atoms with Gasteiger partial charge in [-0.25, -0.2) is 4.79 Å². The highest BCUT2D eigenvalue weighted by atomic mass is 16.4. The monoisotopic (exact) mass is 326 g/mol. The highest BCUT2D eigenvalue weighted by Crippen LogP contribution is 2.37. The number of carbonyl (C=O) groups is 1. The molecule has 2 heteroatoms. The predicted octanol–water partition coefficient (Wildman–Crippen LogP) is 6.19. The number of rotatable bonds is 7. The Labute approximate surface area is 146 Å². The topological polar surface area (TPSA) is 37.3 Å². The SMILES string of the molecule is CCC=CC=C(C(=O)O)c1ccc([C@H]2CC[C@H](CCC)CC2)cc1. The van der Waals surface area contributed by atoms with E-state index in [0.717, 1.165) is 17.9 Å². The average Bonchev–Trinajstić information content (AvgIpc) is 2.60. The molecule has 1 aromatic rings. The Morgan fingerprint density at radius 2 is 1.79 bits per heavy atom. The number of hydrogen-bond acceptors (Lipinski definition) is 1. The van der Waals surface area contributed by atoms with Gasteiger partial charge in [0.05, 0.1) is 5.57 Å². The molecule has 2 nitrogen and oxygen atoms in total. The molecule has 1 fully saturated rings. The summed E-state index contributed by atoms with van der Waals surface area (Å²) >= 11 is 0. The van der Waals surface area contributed by atoms with Crippen LogP contribution in [0.5, 0.6) is 0 Å². The van der Waals surface area contributed by atoms with Crippen molar-refractivity contribution in [3.63, 3.8) is 0 Å². The summed E-state index contributed by atoms with van der Waals surface area (Å²) in [5.41, 5.74) is 2.51. The summed E-state index contributed by atoms with van der Waals surface area (Å²) in [4.78, 5) is 11.5. The molecule has 0 heterocycles. The maximum absolute atomic E-state index is 11.5. The standard InChI is InChI=1S/C22H30O2/c1-3-5-6-8-21(22(23)24)20-15-13-19(14-16-20)18-11-9-17(7-4-2)10-12-18/h5-6,8,13-18H,3-4,7,9-12H2,1-2H3,(H,23,24)/t17-,18-. The maximum Gasteiger partial charge on any atom is 0.336 e. The van der Waals surface area contributed by atoms with Crippen LogP contribution >= 0.6 is 0 Å². The molecule has 0 radical (unpaired) electrons. The first-order chi connectivity index (χ1) is 11.7. The van der Waals surface area contributed by atoms with Gasteiger partial charge in [0.25, 0.3) is 0 Å². The molecule has 0 amide bonds. The Morgan fingerprint density at radius 3 is 2.33 bits per heavy atom. The smallest absolute Gasteiger partial charge is 0.336 e. The summed E-state index contributed by atoms with van der Waals surface area (Å²) < 4.78 is 0. The molecule has 0 spiro atoms. The van der Waals surface area contributed by atoms with Crippen molar-refractivity contribution in [2.24, 2.45) is 5.92 Å². The van der Waals surface area contributed by atoms with E-state index in [-0.39, 0.29) is 0 Å². The number of allylic oxidation sites excluding steroid dienone is 3. The minimum Gasteiger partial charge on any atom is -0.478 e. The highest BCUT2D eigenvalue weighted by molar-refractivity contribution is 6.15. The third-order valence-electron chi connectivity index (χ3n) is 5.10. The van der Waals surface area contributed by atoms with E-state index in [1.54, 1.807) is 6.08 Å². The molecular weight excluding hydrogens is 296 g/mol. The zero-order valence-electron chi connectivity index (χ0n) is 15.0. The van der Waals surface area contributed by atoms with E-state index in [0.29, 0.717) is 11.5 Å². The van der Waals surface area contributed by atoms with Gasteiger partial charge in [-0.05, 0) is 61.1 Å². The summed E-state index contributed by atoms with van der Waals surface area (Å²) in [5.74, 6) is 0.686. The van der Waals surface area contributed by atoms with Gasteiger partial charge < -0.3 is 5.11 Å². The quantitative estimate of drug-likeness (QED) is 0.479. The lowest BCUT2D eigenvalue weighted by Gasteiger charge is -2.28. The van der Waals surface area contributed by atoms with Crippen molar-refractivity contribution < 1.29 is 9.90 Å². The highest BCUT2D eigenvalue weighted by Gasteiger charge is 2.22. The second-order valence-corrected chi connectivity index (χ2v) is 6.85. The first-order valence-electron chi connectivity index (χ1n) is 9.36. The summed E-state index contributed by atoms with van der Waals surface area (Å²) in [6.07, 6.45) is 14.3. The molecule has 0 atom stereocenters. The van der Waals surface area contributed by atoms with Gasteiger partial charge in [-0.15, -0.1) is 0 Å². The second-order valence-electron chi connectivity index (χ2n) is 6.85. The van der Waals surface area contributed by atoms with Crippen molar-refractivity contribution in [2.75, 3.05) is 0 Å². The van der Waals surface area contributed by atoms with E-state index in [4.69, 9.17) is 0 Å². The van der Waals surface area contributed by atoms with Crippen molar-refractivity contribution in [1.82, 2.24) is 0 Å². The van der Waals surface area contributed by atoms with Crippen LogP contribution in [0.3, 0.4) is 0 Å². The van der Waals surface area contributed by atoms with Crippen LogP contribution in [-0.2, 0) is 4.79 Å². The molecule has 0 saturated heterocycles. The van der Waals surface area contributed by atoms with Crippen LogP contribution in [0, 0.1) is 5.92 Å². The third kappa shape index (κ3) is 5.09. The maximum atomic E-state index is 11.5. The fourth-order valence-electron chi connectivity index (χ4n) is 3.72. The number of carboxylic acid groups (broad SMARTS) is 1. The van der Waals surface area contributed by atoms with Crippen molar-refractivity contribution in [3.8, 4) is 0 Å². The Morgan fingerprint density at radius 1 is 1.12 bits per heavy atom. The summed E-state index contributed by atoms with van der Waals surface area (Å²) in [6.45, 7) is 4.31. The van der Waals surface area contributed by atoms with Crippen LogP contribution in [0.25, 0.3) is 5.57 Å². The molecule has 1 aliphatic rings. The Hall–Kier alpha value is -1.83. The first-order valence-corrected chi connectivity index (χ1v) is 9.36. The zero-order valence-corrected chi connectivity index (χ0v) is 15.0. The molecule has 1 N–H and O–H groups in total. The van der Waals surface area contributed by atoms with Crippen LogP contribution in [-0.4, -0.2) is 11.1 Å². The van der Waals surface area contributed by atoms with Crippen molar-refractivity contribution in [3.05, 3.63) is 53.6 Å². The van der Waals surface area contributed by atoms with Gasteiger partial charge in [-0.3, -0.25) is 0 Å². The van der Waals surface area contributed by atoms with E-state index in [2.05, 4.69) is 19.1 Å². The Bertz CT molecular complexity index is 572. The van der Waals surface area contributed by atoms with Gasteiger partial charge >= 0.3 is 5.97 Å². The van der Waals surface area contributed by atoms with Gasteiger partial charge in [-0.2, -0.15) is 0 Å². The normalized spacial score (nSPS) is 22.0. The minimum atomic E-state index is -0.872. The molecule has 24 heavy (non-hydrogen) atoms. The van der Waals surface area contributed by atoms with E-state index in [9.17, 15) is 9.90 Å². The van der Waals surface area contributed by atoms with Gasteiger partial charge in [0.2, 0.25) is 0 Å². The van der Waals surface area contributed by atoms with Crippen LogP contribution in [0.4, 0.5) is 0 Å². The van der Waals surface area contributed by atoms with Crippen LogP contribution in [0.1, 0.15) is 75.8 Å².